The van der Waals surface area contributed by atoms with Crippen LogP contribution in [0.2, 0.25) is 0 Å². The third-order valence-electron chi connectivity index (χ3n) is 2.32. The normalized spacial score (nSPS) is 12.2. The second-order valence-corrected chi connectivity index (χ2v) is 3.90. The summed E-state index contributed by atoms with van der Waals surface area (Å²) in [6, 6.07) is -0.564. The maximum atomic E-state index is 11.8. The first-order valence-electron chi connectivity index (χ1n) is 5.79. The van der Waals surface area contributed by atoms with Crippen LogP contribution in [0.25, 0.3) is 0 Å². The van der Waals surface area contributed by atoms with Crippen molar-refractivity contribution in [1.29, 1.82) is 0 Å². The van der Waals surface area contributed by atoms with E-state index in [1.807, 2.05) is 13.8 Å². The van der Waals surface area contributed by atoms with Gasteiger partial charge in [0, 0.05) is 6.54 Å². The zero-order chi connectivity index (χ0) is 12.6. The van der Waals surface area contributed by atoms with E-state index in [2.05, 4.69) is 0 Å². The number of carbonyl (C=O) groups is 2. The van der Waals surface area contributed by atoms with Gasteiger partial charge in [0.05, 0.1) is 6.04 Å². The molecule has 1 amide bonds. The summed E-state index contributed by atoms with van der Waals surface area (Å²) in [6.45, 7) is 4.12. The molecular formula is C11H22N2O3. The Labute approximate surface area is 96.6 Å². The summed E-state index contributed by atoms with van der Waals surface area (Å²) in [7, 11) is 0. The van der Waals surface area contributed by atoms with Crippen molar-refractivity contribution in [3.05, 3.63) is 0 Å². The fourth-order valence-electron chi connectivity index (χ4n) is 1.48. The van der Waals surface area contributed by atoms with Gasteiger partial charge in [-0.3, -0.25) is 9.59 Å². The summed E-state index contributed by atoms with van der Waals surface area (Å²) >= 11 is 0. The Bertz CT molecular complexity index is 231. The molecule has 0 aliphatic rings. The van der Waals surface area contributed by atoms with E-state index in [-0.39, 0.29) is 12.5 Å². The van der Waals surface area contributed by atoms with Gasteiger partial charge in [0.15, 0.2) is 0 Å². The van der Waals surface area contributed by atoms with Gasteiger partial charge in [-0.25, -0.2) is 0 Å². The van der Waals surface area contributed by atoms with Gasteiger partial charge in [0.1, 0.15) is 6.54 Å². The molecule has 0 heterocycles. The second-order valence-electron chi connectivity index (χ2n) is 3.90. The molecular weight excluding hydrogens is 208 g/mol. The molecule has 0 spiro atoms. The van der Waals surface area contributed by atoms with Crippen LogP contribution in [0.15, 0.2) is 0 Å². The Kier molecular flexibility index (Phi) is 7.54. The van der Waals surface area contributed by atoms with Gasteiger partial charge < -0.3 is 15.7 Å². The second kappa shape index (κ2) is 8.10. The fourth-order valence-corrected chi connectivity index (χ4v) is 1.48. The highest BCUT2D eigenvalue weighted by Gasteiger charge is 2.21. The molecule has 0 saturated heterocycles. The molecule has 0 unspecified atom stereocenters. The maximum Gasteiger partial charge on any atom is 0.323 e. The van der Waals surface area contributed by atoms with Crippen molar-refractivity contribution < 1.29 is 14.7 Å². The van der Waals surface area contributed by atoms with Gasteiger partial charge in [-0.15, -0.1) is 0 Å². The molecule has 1 atom stereocenters. The highest BCUT2D eigenvalue weighted by atomic mass is 16.4. The minimum atomic E-state index is -0.996. The number of carboxylic acid groups (broad SMARTS) is 1. The number of aliphatic carboxylic acids is 1. The molecule has 0 aliphatic heterocycles. The lowest BCUT2D eigenvalue weighted by molar-refractivity contribution is -0.145. The third-order valence-corrected chi connectivity index (χ3v) is 2.32. The lowest BCUT2D eigenvalue weighted by atomic mass is 10.1. The van der Waals surface area contributed by atoms with Crippen molar-refractivity contribution in [1.82, 2.24) is 4.90 Å². The Hall–Kier alpha value is -1.10. The molecule has 0 aromatic heterocycles. The van der Waals surface area contributed by atoms with Crippen LogP contribution in [-0.4, -0.2) is 41.0 Å². The molecule has 0 rings (SSSR count). The number of rotatable bonds is 8. The van der Waals surface area contributed by atoms with Crippen LogP contribution in [0.4, 0.5) is 0 Å². The van der Waals surface area contributed by atoms with E-state index in [1.165, 1.54) is 4.90 Å². The molecule has 0 saturated carbocycles. The highest BCUT2D eigenvalue weighted by molar-refractivity contribution is 5.85. The number of hydrogen-bond donors (Lipinski definition) is 2. The van der Waals surface area contributed by atoms with Gasteiger partial charge in [0.2, 0.25) is 5.91 Å². The van der Waals surface area contributed by atoms with Gasteiger partial charge in [-0.2, -0.15) is 0 Å². The minimum Gasteiger partial charge on any atom is -0.480 e. The molecule has 16 heavy (non-hydrogen) atoms. The molecule has 94 valence electrons. The quantitative estimate of drug-likeness (QED) is 0.647. The van der Waals surface area contributed by atoms with Crippen LogP contribution < -0.4 is 5.73 Å². The molecule has 0 aromatic rings. The molecule has 5 heteroatoms. The summed E-state index contributed by atoms with van der Waals surface area (Å²) in [5.74, 6) is -1.25. The van der Waals surface area contributed by atoms with Crippen molar-refractivity contribution in [2.24, 2.45) is 5.73 Å². The maximum absolute atomic E-state index is 11.8. The largest absolute Gasteiger partial charge is 0.480 e. The Morgan fingerprint density at radius 2 is 1.94 bits per heavy atom. The van der Waals surface area contributed by atoms with Crippen LogP contribution in [0.3, 0.4) is 0 Å². The average molecular weight is 230 g/mol. The molecule has 5 nitrogen and oxygen atoms in total. The zero-order valence-corrected chi connectivity index (χ0v) is 10.1. The van der Waals surface area contributed by atoms with Crippen molar-refractivity contribution in [2.45, 2.75) is 45.6 Å². The molecule has 0 aliphatic carbocycles. The first-order valence-corrected chi connectivity index (χ1v) is 5.79. The van der Waals surface area contributed by atoms with Crippen molar-refractivity contribution >= 4 is 11.9 Å². The first-order chi connectivity index (χ1) is 7.52. The lowest BCUT2D eigenvalue weighted by Crippen LogP contribution is -2.46. The topological polar surface area (TPSA) is 83.6 Å². The minimum absolute atomic E-state index is 0.252. The van der Waals surface area contributed by atoms with Gasteiger partial charge in [0.25, 0.3) is 0 Å². The van der Waals surface area contributed by atoms with Crippen LogP contribution in [-0.2, 0) is 9.59 Å². The first kappa shape index (κ1) is 14.9. The summed E-state index contributed by atoms with van der Waals surface area (Å²) in [5, 5.41) is 8.68. The van der Waals surface area contributed by atoms with Crippen LogP contribution in [0, 0.1) is 0 Å². The summed E-state index contributed by atoms with van der Waals surface area (Å²) in [6.07, 6.45) is 3.22. The molecule has 3 N–H and O–H groups in total. The average Bonchev–Trinajstić information content (AvgIpc) is 2.23. The molecule has 0 radical (unpaired) electrons. The predicted octanol–water partition coefficient (Wildman–Crippen LogP) is 0.827. The zero-order valence-electron chi connectivity index (χ0n) is 10.1. The highest BCUT2D eigenvalue weighted by Crippen LogP contribution is 2.03. The van der Waals surface area contributed by atoms with Crippen LogP contribution >= 0.6 is 0 Å². The number of nitrogens with two attached hydrogens (primary N) is 1. The van der Waals surface area contributed by atoms with Gasteiger partial charge in [-0.1, -0.05) is 26.7 Å². The summed E-state index contributed by atoms with van der Waals surface area (Å²) in [4.78, 5) is 23.7. The number of amides is 1. The Balaban J connectivity index is 4.29. The molecule has 0 bridgehead atoms. The summed E-state index contributed by atoms with van der Waals surface area (Å²) < 4.78 is 0. The summed E-state index contributed by atoms with van der Waals surface area (Å²) in [5.41, 5.74) is 5.73. The van der Waals surface area contributed by atoms with E-state index in [0.29, 0.717) is 13.0 Å². The SMILES string of the molecule is CCCC[C@H](N)C(=O)N(CCC)CC(=O)O. The number of hydrogen-bond acceptors (Lipinski definition) is 3. The molecule has 0 fully saturated rings. The van der Waals surface area contributed by atoms with Gasteiger partial charge in [-0.05, 0) is 12.8 Å². The van der Waals surface area contributed by atoms with E-state index in [9.17, 15) is 9.59 Å². The lowest BCUT2D eigenvalue weighted by Gasteiger charge is -2.23. The van der Waals surface area contributed by atoms with E-state index >= 15 is 0 Å². The number of unbranched alkanes of at least 4 members (excludes halogenated alkanes) is 1. The number of carbonyl (C=O) groups excluding carboxylic acids is 1. The fraction of sp³-hybridized carbons (Fsp3) is 0.818. The Morgan fingerprint density at radius 3 is 2.38 bits per heavy atom. The Morgan fingerprint density at radius 1 is 1.31 bits per heavy atom. The van der Waals surface area contributed by atoms with Crippen molar-refractivity contribution in [2.75, 3.05) is 13.1 Å². The van der Waals surface area contributed by atoms with Gasteiger partial charge >= 0.3 is 5.97 Å². The monoisotopic (exact) mass is 230 g/mol. The number of nitrogens with zero attached hydrogens (tertiary/aromatic N) is 1. The van der Waals surface area contributed by atoms with E-state index < -0.39 is 12.0 Å². The van der Waals surface area contributed by atoms with Crippen LogP contribution in [0.1, 0.15) is 39.5 Å². The van der Waals surface area contributed by atoms with E-state index in [0.717, 1.165) is 19.3 Å². The smallest absolute Gasteiger partial charge is 0.323 e. The van der Waals surface area contributed by atoms with Crippen LogP contribution in [0.5, 0.6) is 0 Å². The van der Waals surface area contributed by atoms with Crippen molar-refractivity contribution in [3.8, 4) is 0 Å². The standard InChI is InChI=1S/C11H22N2O3/c1-3-5-6-9(12)11(16)13(7-4-2)8-10(14)15/h9H,3-8,12H2,1-2H3,(H,14,15)/t9-/m0/s1. The number of carboxylic acids is 1. The predicted molar refractivity (Wildman–Crippen MR) is 62.0 cm³/mol. The van der Waals surface area contributed by atoms with E-state index in [1.54, 1.807) is 0 Å². The molecule has 0 aromatic carbocycles. The van der Waals surface area contributed by atoms with Crippen molar-refractivity contribution in [3.63, 3.8) is 0 Å². The van der Waals surface area contributed by atoms with E-state index in [4.69, 9.17) is 10.8 Å². The third kappa shape index (κ3) is 5.70.